The minimum Gasteiger partial charge on any atom is -0.338 e. The van der Waals surface area contributed by atoms with Crippen molar-refractivity contribution in [1.82, 2.24) is 4.90 Å². The van der Waals surface area contributed by atoms with Gasteiger partial charge >= 0.3 is 0 Å². The first kappa shape index (κ1) is 14.4. The number of benzene rings is 1. The van der Waals surface area contributed by atoms with Crippen LogP contribution in [0.2, 0.25) is 0 Å². The van der Waals surface area contributed by atoms with Crippen LogP contribution in [0.1, 0.15) is 62.5 Å². The van der Waals surface area contributed by atoms with E-state index in [9.17, 15) is 4.79 Å². The number of rotatable bonds is 3. The molecule has 2 heteroatoms. The summed E-state index contributed by atoms with van der Waals surface area (Å²) in [5.41, 5.74) is 4.45. The van der Waals surface area contributed by atoms with Gasteiger partial charge in [-0.25, -0.2) is 0 Å². The van der Waals surface area contributed by atoms with Crippen LogP contribution < -0.4 is 0 Å². The van der Waals surface area contributed by atoms with Gasteiger partial charge < -0.3 is 4.90 Å². The second-order valence-corrected chi connectivity index (χ2v) is 6.34. The molecule has 0 aromatic heterocycles. The molecule has 0 spiro atoms. The van der Waals surface area contributed by atoms with Crippen LogP contribution in [0.15, 0.2) is 35.9 Å². The molecule has 0 radical (unpaired) electrons. The molecule has 1 aliphatic carbocycles. The summed E-state index contributed by atoms with van der Waals surface area (Å²) in [6, 6.07) is 8.75. The Kier molecular flexibility index (Phi) is 4.42. The molecule has 1 aliphatic heterocycles. The summed E-state index contributed by atoms with van der Waals surface area (Å²) >= 11 is 0. The lowest BCUT2D eigenvalue weighted by Crippen LogP contribution is -2.25. The molecule has 0 bridgehead atoms. The zero-order valence-electron chi connectivity index (χ0n) is 13.0. The highest BCUT2D eigenvalue weighted by molar-refractivity contribution is 5.78. The van der Waals surface area contributed by atoms with Gasteiger partial charge in [0.05, 0.1) is 0 Å². The van der Waals surface area contributed by atoms with Gasteiger partial charge in [0.1, 0.15) is 0 Å². The third kappa shape index (κ3) is 3.20. The van der Waals surface area contributed by atoms with E-state index in [2.05, 4.69) is 37.3 Å². The van der Waals surface area contributed by atoms with E-state index in [0.29, 0.717) is 11.8 Å². The highest BCUT2D eigenvalue weighted by Crippen LogP contribution is 2.37. The molecule has 2 nitrogen and oxygen atoms in total. The number of carbonyl (C=O) groups excluding carboxylic acids is 1. The van der Waals surface area contributed by atoms with E-state index in [-0.39, 0.29) is 0 Å². The summed E-state index contributed by atoms with van der Waals surface area (Å²) in [5.74, 6) is 0.993. The Hall–Kier alpha value is -1.57. The maximum absolute atomic E-state index is 11.9. The average Bonchev–Trinajstić information content (AvgIpc) is 2.93. The maximum Gasteiger partial charge on any atom is 0.222 e. The Morgan fingerprint density at radius 2 is 1.95 bits per heavy atom. The molecular weight excluding hydrogens is 258 g/mol. The smallest absolute Gasteiger partial charge is 0.222 e. The fourth-order valence-corrected chi connectivity index (χ4v) is 3.74. The SMILES string of the molecule is CC=C1CCC(c2ccccc2CN2CCCC2=O)CC1. The molecule has 0 unspecified atom stereocenters. The standard InChI is InChI=1S/C19H25NO/c1-2-15-9-11-16(12-10-15)18-7-4-3-6-17(18)14-20-13-5-8-19(20)21/h2-4,6-7,16H,5,8-14H2,1H3. The lowest BCUT2D eigenvalue weighted by atomic mass is 9.80. The van der Waals surface area contributed by atoms with Gasteiger partial charge in [-0.2, -0.15) is 0 Å². The molecule has 2 fully saturated rings. The van der Waals surface area contributed by atoms with E-state index in [1.54, 1.807) is 5.57 Å². The molecule has 1 saturated carbocycles. The average molecular weight is 283 g/mol. The van der Waals surface area contributed by atoms with Gasteiger partial charge in [0.2, 0.25) is 5.91 Å². The first-order valence-electron chi connectivity index (χ1n) is 8.27. The second-order valence-electron chi connectivity index (χ2n) is 6.34. The fourth-order valence-electron chi connectivity index (χ4n) is 3.74. The van der Waals surface area contributed by atoms with Crippen LogP contribution in [0, 0.1) is 0 Å². The normalized spacial score (nSPS) is 22.7. The van der Waals surface area contributed by atoms with Gasteiger partial charge in [0.15, 0.2) is 0 Å². The predicted molar refractivity (Wildman–Crippen MR) is 86.1 cm³/mol. The Balaban J connectivity index is 1.75. The van der Waals surface area contributed by atoms with Gasteiger partial charge in [0.25, 0.3) is 0 Å². The first-order valence-corrected chi connectivity index (χ1v) is 8.27. The Labute approximate surface area is 127 Å². The van der Waals surface area contributed by atoms with Crippen LogP contribution in [0.3, 0.4) is 0 Å². The number of likely N-dealkylation sites (tertiary alicyclic amines) is 1. The van der Waals surface area contributed by atoms with Gasteiger partial charge in [0, 0.05) is 19.5 Å². The van der Waals surface area contributed by atoms with Crippen molar-refractivity contribution < 1.29 is 4.79 Å². The minimum absolute atomic E-state index is 0.324. The van der Waals surface area contributed by atoms with Gasteiger partial charge in [-0.1, -0.05) is 35.9 Å². The van der Waals surface area contributed by atoms with Crippen molar-refractivity contribution in [2.45, 2.75) is 57.9 Å². The molecule has 0 N–H and O–H groups in total. The summed E-state index contributed by atoms with van der Waals surface area (Å²) in [4.78, 5) is 13.9. The fraction of sp³-hybridized carbons (Fsp3) is 0.526. The van der Waals surface area contributed by atoms with Crippen molar-refractivity contribution in [3.63, 3.8) is 0 Å². The van der Waals surface area contributed by atoms with Gasteiger partial charge in [-0.15, -0.1) is 0 Å². The van der Waals surface area contributed by atoms with E-state index < -0.39 is 0 Å². The summed E-state index contributed by atoms with van der Waals surface area (Å²) in [7, 11) is 0. The van der Waals surface area contributed by atoms with Crippen LogP contribution in [0.4, 0.5) is 0 Å². The molecule has 2 aliphatic rings. The zero-order chi connectivity index (χ0) is 14.7. The monoisotopic (exact) mass is 283 g/mol. The molecular formula is C19H25NO. The number of amides is 1. The van der Waals surface area contributed by atoms with Crippen LogP contribution in [-0.4, -0.2) is 17.4 Å². The van der Waals surface area contributed by atoms with Crippen molar-refractivity contribution in [2.24, 2.45) is 0 Å². The second kappa shape index (κ2) is 6.46. The molecule has 3 rings (SSSR count). The zero-order valence-corrected chi connectivity index (χ0v) is 13.0. The van der Waals surface area contributed by atoms with Crippen LogP contribution in [0.25, 0.3) is 0 Å². The third-order valence-electron chi connectivity index (χ3n) is 5.06. The Morgan fingerprint density at radius 3 is 2.62 bits per heavy atom. The van der Waals surface area contributed by atoms with Crippen LogP contribution >= 0.6 is 0 Å². The predicted octanol–water partition coefficient (Wildman–Crippen LogP) is 4.41. The van der Waals surface area contributed by atoms with Gasteiger partial charge in [-0.3, -0.25) is 4.79 Å². The van der Waals surface area contributed by atoms with Crippen molar-refractivity contribution >= 4 is 5.91 Å². The number of allylic oxidation sites excluding steroid dienone is 2. The molecule has 0 atom stereocenters. The molecule has 21 heavy (non-hydrogen) atoms. The van der Waals surface area contributed by atoms with E-state index >= 15 is 0 Å². The topological polar surface area (TPSA) is 20.3 Å². The first-order chi connectivity index (χ1) is 10.3. The molecule has 112 valence electrons. The lowest BCUT2D eigenvalue weighted by Gasteiger charge is -2.27. The van der Waals surface area contributed by atoms with E-state index in [4.69, 9.17) is 0 Å². The summed E-state index contributed by atoms with van der Waals surface area (Å²) in [5, 5.41) is 0. The lowest BCUT2D eigenvalue weighted by molar-refractivity contribution is -0.128. The Morgan fingerprint density at radius 1 is 1.19 bits per heavy atom. The van der Waals surface area contributed by atoms with Gasteiger partial charge in [-0.05, 0) is 56.1 Å². The maximum atomic E-state index is 11.9. The summed E-state index contributed by atoms with van der Waals surface area (Å²) < 4.78 is 0. The summed E-state index contributed by atoms with van der Waals surface area (Å²) in [6.07, 6.45) is 9.02. The van der Waals surface area contributed by atoms with Crippen molar-refractivity contribution in [2.75, 3.05) is 6.54 Å². The van der Waals surface area contributed by atoms with Crippen molar-refractivity contribution in [1.29, 1.82) is 0 Å². The van der Waals surface area contributed by atoms with E-state index in [1.165, 1.54) is 36.8 Å². The Bertz CT molecular complexity index is 536. The van der Waals surface area contributed by atoms with E-state index in [1.807, 2.05) is 4.90 Å². The largest absolute Gasteiger partial charge is 0.338 e. The number of nitrogens with zero attached hydrogens (tertiary/aromatic N) is 1. The number of hydrogen-bond acceptors (Lipinski definition) is 1. The molecule has 1 aromatic carbocycles. The van der Waals surface area contributed by atoms with E-state index in [0.717, 1.165) is 25.9 Å². The number of carbonyl (C=O) groups is 1. The molecule has 1 saturated heterocycles. The molecule has 1 heterocycles. The van der Waals surface area contributed by atoms with Crippen LogP contribution in [0.5, 0.6) is 0 Å². The van der Waals surface area contributed by atoms with Crippen LogP contribution in [-0.2, 0) is 11.3 Å². The molecule has 1 aromatic rings. The summed E-state index contributed by atoms with van der Waals surface area (Å²) in [6.45, 7) is 3.89. The van der Waals surface area contributed by atoms with Crippen molar-refractivity contribution in [3.05, 3.63) is 47.0 Å². The van der Waals surface area contributed by atoms with Crippen molar-refractivity contribution in [3.8, 4) is 0 Å². The minimum atomic E-state index is 0.324. The third-order valence-corrected chi connectivity index (χ3v) is 5.06. The highest BCUT2D eigenvalue weighted by Gasteiger charge is 2.24. The highest BCUT2D eigenvalue weighted by atomic mass is 16.2. The number of hydrogen-bond donors (Lipinski definition) is 0. The quantitative estimate of drug-likeness (QED) is 0.752. The molecule has 1 amide bonds.